The van der Waals surface area contributed by atoms with E-state index >= 15 is 0 Å². The zero-order valence-corrected chi connectivity index (χ0v) is 11.3. The Labute approximate surface area is 115 Å². The maximum Gasteiger partial charge on any atom is 0.257 e. The van der Waals surface area contributed by atoms with E-state index in [1.807, 2.05) is 6.92 Å². The van der Waals surface area contributed by atoms with Crippen LogP contribution in [-0.4, -0.2) is 50.8 Å². The van der Waals surface area contributed by atoms with Crippen molar-refractivity contribution in [1.29, 1.82) is 0 Å². The highest BCUT2D eigenvalue weighted by Gasteiger charge is 2.14. The zero-order chi connectivity index (χ0) is 14.5. The predicted molar refractivity (Wildman–Crippen MR) is 73.6 cm³/mol. The van der Waals surface area contributed by atoms with Crippen molar-refractivity contribution in [3.63, 3.8) is 0 Å². The summed E-state index contributed by atoms with van der Waals surface area (Å²) in [4.78, 5) is 25.5. The first kappa shape index (κ1) is 13.7. The van der Waals surface area contributed by atoms with E-state index in [1.165, 1.54) is 4.68 Å². The average Bonchev–Trinajstić information content (AvgIpc) is 2.98. The second kappa shape index (κ2) is 5.95. The van der Waals surface area contributed by atoms with Crippen molar-refractivity contribution in [3.8, 4) is 5.95 Å². The number of hydrogen-bond donors (Lipinski definition) is 2. The monoisotopic (exact) mass is 276 g/mol. The molecule has 0 fully saturated rings. The van der Waals surface area contributed by atoms with Crippen LogP contribution in [0.5, 0.6) is 0 Å². The second-order valence-corrected chi connectivity index (χ2v) is 3.94. The predicted octanol–water partition coefficient (Wildman–Crippen LogP) is -0.589. The maximum atomic E-state index is 11.1. The number of nitrogens with two attached hydrogens (primary N) is 1. The van der Waals surface area contributed by atoms with Crippen LogP contribution in [0.15, 0.2) is 18.5 Å². The molecule has 0 radical (unpaired) electrons. The van der Waals surface area contributed by atoms with Gasteiger partial charge in [-0.2, -0.15) is 20.1 Å². The Bertz CT molecular complexity index is 582. The first-order valence-electron chi connectivity index (χ1n) is 6.11. The number of amides is 1. The Hall–Kier alpha value is -2.71. The number of anilines is 2. The molecule has 0 unspecified atom stereocenters. The molecule has 0 bridgehead atoms. The van der Waals surface area contributed by atoms with Gasteiger partial charge in [-0.05, 0) is 13.0 Å². The molecule has 2 aromatic heterocycles. The number of rotatable bonds is 6. The highest BCUT2D eigenvalue weighted by Crippen LogP contribution is 2.12. The van der Waals surface area contributed by atoms with Crippen LogP contribution in [0.3, 0.4) is 0 Å². The molecule has 106 valence electrons. The molecule has 2 aromatic rings. The number of hydrogen-bond acceptors (Lipinski definition) is 7. The Balaban J connectivity index is 2.42. The van der Waals surface area contributed by atoms with Crippen LogP contribution in [0.2, 0.25) is 0 Å². The van der Waals surface area contributed by atoms with Crippen LogP contribution in [0.25, 0.3) is 5.95 Å². The number of aromatic nitrogens is 5. The van der Waals surface area contributed by atoms with Gasteiger partial charge in [-0.1, -0.05) is 0 Å². The van der Waals surface area contributed by atoms with E-state index in [2.05, 4.69) is 25.4 Å². The van der Waals surface area contributed by atoms with Crippen LogP contribution >= 0.6 is 0 Å². The van der Waals surface area contributed by atoms with Crippen molar-refractivity contribution in [2.24, 2.45) is 5.73 Å². The minimum absolute atomic E-state index is 0.0439. The lowest BCUT2D eigenvalue weighted by molar-refractivity contribution is -0.116. The van der Waals surface area contributed by atoms with Crippen LogP contribution in [-0.2, 0) is 4.79 Å². The van der Waals surface area contributed by atoms with E-state index in [9.17, 15) is 4.79 Å². The van der Waals surface area contributed by atoms with Crippen LogP contribution < -0.4 is 16.0 Å². The van der Waals surface area contributed by atoms with Gasteiger partial charge in [0, 0.05) is 26.0 Å². The fraction of sp³-hybridized carbons (Fsp3) is 0.364. The number of carbonyl (C=O) groups is 1. The van der Waals surface area contributed by atoms with Gasteiger partial charge in [-0.15, -0.1) is 0 Å². The van der Waals surface area contributed by atoms with E-state index in [4.69, 9.17) is 5.73 Å². The van der Waals surface area contributed by atoms with Crippen LogP contribution in [0, 0.1) is 0 Å². The minimum atomic E-state index is -0.445. The van der Waals surface area contributed by atoms with Gasteiger partial charge in [-0.25, -0.2) is 4.68 Å². The van der Waals surface area contributed by atoms with Crippen LogP contribution in [0.1, 0.15) is 6.92 Å². The summed E-state index contributed by atoms with van der Waals surface area (Å²) in [5, 5.41) is 6.93. The highest BCUT2D eigenvalue weighted by molar-refractivity contribution is 5.78. The number of primary amides is 1. The van der Waals surface area contributed by atoms with Crippen molar-refractivity contribution in [2.45, 2.75) is 6.92 Å². The number of nitrogens with zero attached hydrogens (tertiary/aromatic N) is 6. The van der Waals surface area contributed by atoms with Gasteiger partial charge < -0.3 is 16.0 Å². The van der Waals surface area contributed by atoms with Gasteiger partial charge in [0.05, 0.1) is 6.54 Å². The Morgan fingerprint density at radius 3 is 2.80 bits per heavy atom. The molecular weight excluding hydrogens is 260 g/mol. The van der Waals surface area contributed by atoms with E-state index in [0.717, 1.165) is 0 Å². The lowest BCUT2D eigenvalue weighted by Crippen LogP contribution is -2.35. The summed E-state index contributed by atoms with van der Waals surface area (Å²) in [6, 6.07) is 1.77. The summed E-state index contributed by atoms with van der Waals surface area (Å²) in [5.74, 6) is 0.686. The van der Waals surface area contributed by atoms with Gasteiger partial charge in [0.15, 0.2) is 0 Å². The van der Waals surface area contributed by atoms with Gasteiger partial charge in [0.25, 0.3) is 5.95 Å². The quantitative estimate of drug-likeness (QED) is 0.724. The smallest absolute Gasteiger partial charge is 0.257 e. The largest absolute Gasteiger partial charge is 0.368 e. The van der Waals surface area contributed by atoms with Gasteiger partial charge in [-0.3, -0.25) is 4.79 Å². The summed E-state index contributed by atoms with van der Waals surface area (Å²) in [7, 11) is 1.70. The van der Waals surface area contributed by atoms with Gasteiger partial charge in [0.2, 0.25) is 17.8 Å². The zero-order valence-electron chi connectivity index (χ0n) is 11.3. The van der Waals surface area contributed by atoms with Gasteiger partial charge in [0.1, 0.15) is 0 Å². The molecule has 0 atom stereocenters. The molecule has 0 spiro atoms. The maximum absolute atomic E-state index is 11.1. The molecule has 0 aliphatic carbocycles. The molecule has 20 heavy (non-hydrogen) atoms. The molecule has 9 nitrogen and oxygen atoms in total. The lowest BCUT2D eigenvalue weighted by atomic mass is 10.5. The molecular formula is C11H16N8O. The molecule has 1 amide bonds. The molecule has 2 rings (SSSR count). The van der Waals surface area contributed by atoms with Crippen molar-refractivity contribution in [1.82, 2.24) is 24.7 Å². The molecule has 0 aliphatic rings. The Morgan fingerprint density at radius 1 is 1.45 bits per heavy atom. The number of nitrogens with one attached hydrogen (secondary N) is 1. The topological polar surface area (TPSA) is 115 Å². The SMILES string of the molecule is CCN(CC(N)=O)c1nc(NC)nc(-n2cccn2)n1. The van der Waals surface area contributed by atoms with E-state index < -0.39 is 5.91 Å². The standard InChI is InChI=1S/C11H16N8O/c1-3-18(7-8(12)20)10-15-9(13-2)16-11(17-10)19-6-4-5-14-19/h4-6H,3,7H2,1-2H3,(H2,12,20)(H,13,15,16,17). The first-order valence-corrected chi connectivity index (χ1v) is 6.11. The molecule has 0 aliphatic heterocycles. The summed E-state index contributed by atoms with van der Waals surface area (Å²) in [6.07, 6.45) is 3.35. The summed E-state index contributed by atoms with van der Waals surface area (Å²) < 4.78 is 1.52. The van der Waals surface area contributed by atoms with Crippen molar-refractivity contribution in [3.05, 3.63) is 18.5 Å². The Morgan fingerprint density at radius 2 is 2.25 bits per heavy atom. The van der Waals surface area contributed by atoms with Crippen molar-refractivity contribution < 1.29 is 4.79 Å². The molecule has 3 N–H and O–H groups in total. The highest BCUT2D eigenvalue weighted by atomic mass is 16.1. The minimum Gasteiger partial charge on any atom is -0.368 e. The summed E-state index contributed by atoms with van der Waals surface area (Å²) in [5.41, 5.74) is 5.22. The Kier molecular flexibility index (Phi) is 4.08. The molecule has 0 saturated heterocycles. The van der Waals surface area contributed by atoms with E-state index in [-0.39, 0.29) is 6.54 Å². The van der Waals surface area contributed by atoms with E-state index in [1.54, 1.807) is 30.4 Å². The number of carbonyl (C=O) groups excluding carboxylic acids is 1. The molecule has 2 heterocycles. The normalized spacial score (nSPS) is 10.3. The van der Waals surface area contributed by atoms with Crippen molar-refractivity contribution in [2.75, 3.05) is 30.4 Å². The first-order chi connectivity index (χ1) is 9.63. The number of likely N-dealkylation sites (N-methyl/N-ethyl adjacent to an activating group) is 1. The van der Waals surface area contributed by atoms with Crippen LogP contribution in [0.4, 0.5) is 11.9 Å². The third-order valence-corrected chi connectivity index (χ3v) is 2.56. The van der Waals surface area contributed by atoms with E-state index in [0.29, 0.717) is 24.4 Å². The molecule has 0 aromatic carbocycles. The third kappa shape index (κ3) is 2.99. The fourth-order valence-corrected chi connectivity index (χ4v) is 1.61. The third-order valence-electron chi connectivity index (χ3n) is 2.56. The molecule has 9 heteroatoms. The second-order valence-electron chi connectivity index (χ2n) is 3.94. The summed E-state index contributed by atoms with van der Waals surface area (Å²) in [6.45, 7) is 2.48. The average molecular weight is 276 g/mol. The summed E-state index contributed by atoms with van der Waals surface area (Å²) >= 11 is 0. The molecule has 0 saturated carbocycles. The van der Waals surface area contributed by atoms with Gasteiger partial charge >= 0.3 is 0 Å². The van der Waals surface area contributed by atoms with Crippen molar-refractivity contribution >= 4 is 17.8 Å². The fourth-order valence-electron chi connectivity index (χ4n) is 1.61. The lowest BCUT2D eigenvalue weighted by Gasteiger charge is -2.19.